The molecule has 1 N–H and O–H groups in total. The Balaban J connectivity index is 1.52. The average Bonchev–Trinajstić information content (AvgIpc) is 3.44. The maximum absolute atomic E-state index is 13.1. The highest BCUT2D eigenvalue weighted by atomic mass is 16.5. The number of amides is 2. The van der Waals surface area contributed by atoms with E-state index in [-0.39, 0.29) is 24.0 Å². The maximum Gasteiger partial charge on any atom is 0.254 e. The van der Waals surface area contributed by atoms with Gasteiger partial charge in [-0.3, -0.25) is 14.6 Å². The van der Waals surface area contributed by atoms with E-state index in [2.05, 4.69) is 10.3 Å². The molecule has 2 amide bonds. The van der Waals surface area contributed by atoms with Crippen molar-refractivity contribution in [3.63, 3.8) is 0 Å². The lowest BCUT2D eigenvalue weighted by Crippen LogP contribution is -2.46. The average molecular weight is 381 g/mol. The van der Waals surface area contributed by atoms with E-state index in [9.17, 15) is 9.59 Å². The van der Waals surface area contributed by atoms with Crippen LogP contribution in [0.1, 0.15) is 29.6 Å². The number of ether oxygens (including phenoxy) is 2. The van der Waals surface area contributed by atoms with Gasteiger partial charge in [0.1, 0.15) is 23.6 Å². The van der Waals surface area contributed by atoms with Crippen molar-refractivity contribution in [2.75, 3.05) is 13.7 Å². The van der Waals surface area contributed by atoms with Crippen LogP contribution in [-0.2, 0) is 4.79 Å². The quantitative estimate of drug-likeness (QED) is 0.828. The van der Waals surface area contributed by atoms with E-state index >= 15 is 0 Å². The second kappa shape index (κ2) is 7.88. The molecule has 1 saturated heterocycles. The first-order valence-electron chi connectivity index (χ1n) is 9.46. The van der Waals surface area contributed by atoms with E-state index in [1.54, 1.807) is 54.7 Å². The van der Waals surface area contributed by atoms with Crippen molar-refractivity contribution in [2.45, 2.75) is 37.5 Å². The number of methoxy groups -OCH3 is 1. The second-order valence-corrected chi connectivity index (χ2v) is 7.15. The molecule has 1 saturated carbocycles. The van der Waals surface area contributed by atoms with Gasteiger partial charge >= 0.3 is 0 Å². The Kier molecular flexibility index (Phi) is 5.14. The number of hydrogen-bond donors (Lipinski definition) is 1. The third kappa shape index (κ3) is 4.08. The van der Waals surface area contributed by atoms with Crippen LogP contribution in [-0.4, -0.2) is 53.5 Å². The summed E-state index contributed by atoms with van der Waals surface area (Å²) in [5, 5.41) is 3.01. The molecule has 1 aliphatic heterocycles. The lowest BCUT2D eigenvalue weighted by Gasteiger charge is -2.23. The number of aromatic nitrogens is 1. The summed E-state index contributed by atoms with van der Waals surface area (Å²) >= 11 is 0. The monoisotopic (exact) mass is 381 g/mol. The number of rotatable bonds is 6. The van der Waals surface area contributed by atoms with Crippen LogP contribution in [0.15, 0.2) is 48.8 Å². The molecule has 2 aromatic rings. The molecule has 2 heterocycles. The fourth-order valence-corrected chi connectivity index (χ4v) is 3.39. The summed E-state index contributed by atoms with van der Waals surface area (Å²) in [6, 6.07) is 10.2. The van der Waals surface area contributed by atoms with Gasteiger partial charge in [-0.1, -0.05) is 0 Å². The first-order valence-corrected chi connectivity index (χ1v) is 9.46. The number of carbonyl (C=O) groups is 2. The maximum atomic E-state index is 13.1. The van der Waals surface area contributed by atoms with Gasteiger partial charge in [0.15, 0.2) is 0 Å². The zero-order valence-electron chi connectivity index (χ0n) is 15.7. The molecule has 7 heteroatoms. The van der Waals surface area contributed by atoms with Crippen LogP contribution in [0.5, 0.6) is 11.5 Å². The van der Waals surface area contributed by atoms with Crippen LogP contribution in [0.3, 0.4) is 0 Å². The molecule has 0 spiro atoms. The number of nitrogens with zero attached hydrogens (tertiary/aromatic N) is 2. The largest absolute Gasteiger partial charge is 0.497 e. The molecule has 0 bridgehead atoms. The molecule has 2 aliphatic rings. The van der Waals surface area contributed by atoms with Crippen molar-refractivity contribution < 1.29 is 19.1 Å². The van der Waals surface area contributed by atoms with E-state index in [4.69, 9.17) is 9.47 Å². The first kappa shape index (κ1) is 18.3. The van der Waals surface area contributed by atoms with Crippen LogP contribution in [0.4, 0.5) is 0 Å². The van der Waals surface area contributed by atoms with Gasteiger partial charge in [-0.05, 0) is 49.2 Å². The van der Waals surface area contributed by atoms with Crippen LogP contribution < -0.4 is 14.8 Å². The van der Waals surface area contributed by atoms with Crippen molar-refractivity contribution in [2.24, 2.45) is 0 Å². The minimum Gasteiger partial charge on any atom is -0.497 e. The van der Waals surface area contributed by atoms with Gasteiger partial charge in [-0.25, -0.2) is 0 Å². The number of carbonyl (C=O) groups excluding carboxylic acids is 2. The SMILES string of the molecule is COc1ccc(C(=O)N2C[C@@H](Oc3cccnc3)C[C@H]2C(=O)NC2CC2)cc1. The molecule has 4 rings (SSSR count). The predicted octanol–water partition coefficient (Wildman–Crippen LogP) is 2.03. The Morgan fingerprint density at radius 2 is 1.93 bits per heavy atom. The molecule has 7 nitrogen and oxygen atoms in total. The summed E-state index contributed by atoms with van der Waals surface area (Å²) in [5.41, 5.74) is 0.520. The standard InChI is InChI=1S/C21H23N3O4/c1-27-16-8-4-14(5-9-16)21(26)24-13-18(28-17-3-2-10-22-12-17)11-19(24)20(25)23-15-6-7-15/h2-5,8-10,12,15,18-19H,6-7,11,13H2,1H3,(H,23,25)/t18-,19-/m0/s1. The highest BCUT2D eigenvalue weighted by molar-refractivity contribution is 5.98. The Morgan fingerprint density at radius 1 is 1.14 bits per heavy atom. The summed E-state index contributed by atoms with van der Waals surface area (Å²) in [4.78, 5) is 31.5. The van der Waals surface area contributed by atoms with Gasteiger partial charge < -0.3 is 19.7 Å². The minimum absolute atomic E-state index is 0.110. The van der Waals surface area contributed by atoms with Gasteiger partial charge in [0.25, 0.3) is 5.91 Å². The summed E-state index contributed by atoms with van der Waals surface area (Å²) < 4.78 is 11.1. The highest BCUT2D eigenvalue weighted by Crippen LogP contribution is 2.27. The summed E-state index contributed by atoms with van der Waals surface area (Å²) in [6.45, 7) is 0.350. The van der Waals surface area contributed by atoms with Crippen LogP contribution >= 0.6 is 0 Å². The smallest absolute Gasteiger partial charge is 0.254 e. The normalized spacial score (nSPS) is 21.2. The zero-order valence-corrected chi connectivity index (χ0v) is 15.7. The lowest BCUT2D eigenvalue weighted by atomic mass is 10.1. The van der Waals surface area contributed by atoms with Crippen LogP contribution in [0, 0.1) is 0 Å². The molecule has 0 radical (unpaired) electrons. The Morgan fingerprint density at radius 3 is 2.57 bits per heavy atom. The van der Waals surface area contributed by atoms with E-state index in [0.717, 1.165) is 12.8 Å². The number of nitrogens with one attached hydrogen (secondary N) is 1. The Bertz CT molecular complexity index is 836. The first-order chi connectivity index (χ1) is 13.6. The van der Waals surface area contributed by atoms with Gasteiger partial charge in [-0.15, -0.1) is 0 Å². The fraction of sp³-hybridized carbons (Fsp3) is 0.381. The Labute approximate surface area is 163 Å². The van der Waals surface area contributed by atoms with E-state index < -0.39 is 6.04 Å². The topological polar surface area (TPSA) is 80.8 Å². The lowest BCUT2D eigenvalue weighted by molar-refractivity contribution is -0.125. The van der Waals surface area contributed by atoms with Gasteiger partial charge in [0.2, 0.25) is 5.91 Å². The predicted molar refractivity (Wildman–Crippen MR) is 102 cm³/mol. The third-order valence-electron chi connectivity index (χ3n) is 5.02. The second-order valence-electron chi connectivity index (χ2n) is 7.15. The molecular formula is C21H23N3O4. The minimum atomic E-state index is -0.545. The molecule has 2 atom stereocenters. The fourth-order valence-electron chi connectivity index (χ4n) is 3.39. The van der Waals surface area contributed by atoms with Crippen molar-refractivity contribution in [3.8, 4) is 11.5 Å². The summed E-state index contributed by atoms with van der Waals surface area (Å²) in [6.07, 6.45) is 5.50. The molecule has 2 fully saturated rings. The van der Waals surface area contributed by atoms with Gasteiger partial charge in [0, 0.05) is 24.2 Å². The van der Waals surface area contributed by atoms with Gasteiger partial charge in [-0.2, -0.15) is 0 Å². The molecule has 1 aromatic carbocycles. The van der Waals surface area contributed by atoms with E-state index in [1.165, 1.54) is 0 Å². The molecule has 0 unspecified atom stereocenters. The number of pyridine rings is 1. The number of benzene rings is 1. The molecule has 1 aromatic heterocycles. The molecule has 28 heavy (non-hydrogen) atoms. The van der Waals surface area contributed by atoms with Crippen molar-refractivity contribution in [3.05, 3.63) is 54.4 Å². The third-order valence-corrected chi connectivity index (χ3v) is 5.02. The number of likely N-dealkylation sites (tertiary alicyclic amines) is 1. The molecular weight excluding hydrogens is 358 g/mol. The number of hydrogen-bond acceptors (Lipinski definition) is 5. The summed E-state index contributed by atoms with van der Waals surface area (Å²) in [7, 11) is 1.58. The summed E-state index contributed by atoms with van der Waals surface area (Å²) in [5.74, 6) is 1.02. The molecule has 1 aliphatic carbocycles. The van der Waals surface area contributed by atoms with Gasteiger partial charge in [0.05, 0.1) is 19.9 Å². The van der Waals surface area contributed by atoms with E-state index in [0.29, 0.717) is 30.0 Å². The van der Waals surface area contributed by atoms with Crippen molar-refractivity contribution in [1.29, 1.82) is 0 Å². The van der Waals surface area contributed by atoms with Crippen LogP contribution in [0.25, 0.3) is 0 Å². The Hall–Kier alpha value is -3.09. The molecule has 146 valence electrons. The van der Waals surface area contributed by atoms with Crippen molar-refractivity contribution >= 4 is 11.8 Å². The van der Waals surface area contributed by atoms with Crippen LogP contribution in [0.2, 0.25) is 0 Å². The zero-order chi connectivity index (χ0) is 19.5. The highest BCUT2D eigenvalue weighted by Gasteiger charge is 2.42. The van der Waals surface area contributed by atoms with E-state index in [1.807, 2.05) is 6.07 Å². The van der Waals surface area contributed by atoms with Crippen molar-refractivity contribution in [1.82, 2.24) is 15.2 Å².